The van der Waals surface area contributed by atoms with Crippen LogP contribution in [0.4, 0.5) is 5.69 Å². The maximum absolute atomic E-state index is 6.13. The van der Waals surface area contributed by atoms with Gasteiger partial charge in [0.1, 0.15) is 11.8 Å². The third-order valence-corrected chi connectivity index (χ3v) is 3.67. The fraction of sp³-hybridized carbons (Fsp3) is 0.176. The number of anilines is 1. The van der Waals surface area contributed by atoms with Crippen LogP contribution < -0.4 is 10.1 Å². The monoisotopic (exact) mass is 329 g/mol. The Morgan fingerprint density at radius 1 is 1.17 bits per heavy atom. The summed E-state index contributed by atoms with van der Waals surface area (Å²) in [6, 6.07) is 15.0. The molecule has 0 saturated carbocycles. The van der Waals surface area contributed by atoms with Crippen LogP contribution in [0.1, 0.15) is 18.9 Å². The molecule has 1 aromatic heterocycles. The molecule has 0 saturated heterocycles. The van der Waals surface area contributed by atoms with E-state index in [1.807, 2.05) is 43.3 Å². The highest BCUT2D eigenvalue weighted by atomic mass is 35.5. The van der Waals surface area contributed by atoms with Crippen molar-refractivity contribution in [1.29, 1.82) is 0 Å². The topological polar surface area (TPSA) is 60.2 Å². The van der Waals surface area contributed by atoms with Crippen molar-refractivity contribution in [2.75, 3.05) is 12.4 Å². The molecule has 1 atom stereocenters. The SMILES string of the molecule is COc1ccc(N[C@H](C)c2nc(-c3ccccc3)no2)cc1Cl. The zero-order valence-corrected chi connectivity index (χ0v) is 13.5. The highest BCUT2D eigenvalue weighted by molar-refractivity contribution is 6.32. The average Bonchev–Trinajstić information content (AvgIpc) is 3.06. The summed E-state index contributed by atoms with van der Waals surface area (Å²) in [5.74, 6) is 1.71. The number of nitrogens with one attached hydrogen (secondary N) is 1. The molecule has 0 amide bonds. The molecule has 1 heterocycles. The van der Waals surface area contributed by atoms with Crippen molar-refractivity contribution in [3.63, 3.8) is 0 Å². The van der Waals surface area contributed by atoms with Crippen LogP contribution >= 0.6 is 11.6 Å². The van der Waals surface area contributed by atoms with Crippen molar-refractivity contribution in [2.24, 2.45) is 0 Å². The Kier molecular flexibility index (Phi) is 4.48. The second-order valence-corrected chi connectivity index (χ2v) is 5.44. The molecule has 118 valence electrons. The van der Waals surface area contributed by atoms with E-state index in [0.29, 0.717) is 22.5 Å². The molecule has 0 radical (unpaired) electrons. The van der Waals surface area contributed by atoms with Gasteiger partial charge in [-0.1, -0.05) is 47.1 Å². The van der Waals surface area contributed by atoms with Gasteiger partial charge in [0.2, 0.25) is 11.7 Å². The van der Waals surface area contributed by atoms with E-state index in [4.69, 9.17) is 20.9 Å². The summed E-state index contributed by atoms with van der Waals surface area (Å²) in [4.78, 5) is 4.43. The first-order valence-corrected chi connectivity index (χ1v) is 7.54. The molecule has 0 fully saturated rings. The number of nitrogens with zero attached hydrogens (tertiary/aromatic N) is 2. The van der Waals surface area contributed by atoms with E-state index < -0.39 is 0 Å². The van der Waals surface area contributed by atoms with Gasteiger partial charge in [-0.05, 0) is 25.1 Å². The van der Waals surface area contributed by atoms with Crippen LogP contribution in [-0.4, -0.2) is 17.3 Å². The van der Waals surface area contributed by atoms with Crippen molar-refractivity contribution in [1.82, 2.24) is 10.1 Å². The van der Waals surface area contributed by atoms with Gasteiger partial charge in [-0.25, -0.2) is 0 Å². The first-order valence-electron chi connectivity index (χ1n) is 7.16. The molecular weight excluding hydrogens is 314 g/mol. The second kappa shape index (κ2) is 6.71. The summed E-state index contributed by atoms with van der Waals surface area (Å²) < 4.78 is 10.5. The lowest BCUT2D eigenvalue weighted by atomic mass is 10.2. The minimum Gasteiger partial charge on any atom is -0.495 e. The Bertz CT molecular complexity index is 790. The third kappa shape index (κ3) is 3.46. The molecule has 2 aromatic carbocycles. The first kappa shape index (κ1) is 15.4. The predicted octanol–water partition coefficient (Wildman–Crippen LogP) is 4.57. The number of methoxy groups -OCH3 is 1. The molecule has 3 rings (SSSR count). The van der Waals surface area contributed by atoms with Crippen LogP contribution in [0, 0.1) is 0 Å². The lowest BCUT2D eigenvalue weighted by Crippen LogP contribution is -2.07. The normalized spacial score (nSPS) is 12.0. The van der Waals surface area contributed by atoms with Gasteiger partial charge in [-0.2, -0.15) is 4.98 Å². The number of aromatic nitrogens is 2. The Hall–Kier alpha value is -2.53. The van der Waals surface area contributed by atoms with Crippen molar-refractivity contribution < 1.29 is 9.26 Å². The Morgan fingerprint density at radius 3 is 2.65 bits per heavy atom. The number of halogens is 1. The maximum Gasteiger partial charge on any atom is 0.249 e. The molecule has 0 aliphatic rings. The van der Waals surface area contributed by atoms with Crippen molar-refractivity contribution in [2.45, 2.75) is 13.0 Å². The highest BCUT2D eigenvalue weighted by Gasteiger charge is 2.15. The van der Waals surface area contributed by atoms with Crippen LogP contribution in [0.25, 0.3) is 11.4 Å². The molecule has 0 unspecified atom stereocenters. The summed E-state index contributed by atoms with van der Waals surface area (Å²) in [5, 5.41) is 7.84. The van der Waals surface area contributed by atoms with Gasteiger partial charge >= 0.3 is 0 Å². The van der Waals surface area contributed by atoms with Gasteiger partial charge in [0.05, 0.1) is 12.1 Å². The van der Waals surface area contributed by atoms with Gasteiger partial charge in [0.25, 0.3) is 0 Å². The maximum atomic E-state index is 6.13. The van der Waals surface area contributed by atoms with E-state index in [1.165, 1.54) is 0 Å². The molecule has 0 aliphatic carbocycles. The highest BCUT2D eigenvalue weighted by Crippen LogP contribution is 2.29. The van der Waals surface area contributed by atoms with Gasteiger partial charge in [-0.15, -0.1) is 0 Å². The number of benzene rings is 2. The van der Waals surface area contributed by atoms with Gasteiger partial charge in [0, 0.05) is 11.3 Å². The largest absolute Gasteiger partial charge is 0.495 e. The number of hydrogen-bond acceptors (Lipinski definition) is 5. The van der Waals surface area contributed by atoms with Crippen LogP contribution in [0.3, 0.4) is 0 Å². The van der Waals surface area contributed by atoms with Crippen molar-refractivity contribution >= 4 is 17.3 Å². The number of ether oxygens (including phenoxy) is 1. The molecule has 5 nitrogen and oxygen atoms in total. The fourth-order valence-corrected chi connectivity index (χ4v) is 2.44. The molecule has 0 aliphatic heterocycles. The van der Waals surface area contributed by atoms with Crippen LogP contribution in [-0.2, 0) is 0 Å². The Balaban J connectivity index is 1.75. The van der Waals surface area contributed by atoms with Crippen LogP contribution in [0.5, 0.6) is 5.75 Å². The minimum atomic E-state index is -0.149. The molecular formula is C17H16ClN3O2. The van der Waals surface area contributed by atoms with Gasteiger partial charge in [0.15, 0.2) is 0 Å². The summed E-state index contributed by atoms with van der Waals surface area (Å²) in [5.41, 5.74) is 1.77. The van der Waals surface area contributed by atoms with E-state index in [9.17, 15) is 0 Å². The molecule has 1 N–H and O–H groups in total. The summed E-state index contributed by atoms with van der Waals surface area (Å²) >= 11 is 6.13. The lowest BCUT2D eigenvalue weighted by molar-refractivity contribution is 0.368. The third-order valence-electron chi connectivity index (χ3n) is 3.38. The van der Waals surface area contributed by atoms with E-state index >= 15 is 0 Å². The summed E-state index contributed by atoms with van der Waals surface area (Å²) in [7, 11) is 1.58. The quantitative estimate of drug-likeness (QED) is 0.742. The van der Waals surface area contributed by atoms with Crippen molar-refractivity contribution in [3.8, 4) is 17.1 Å². The predicted molar refractivity (Wildman–Crippen MR) is 89.8 cm³/mol. The van der Waals surface area contributed by atoms with E-state index in [1.54, 1.807) is 19.2 Å². The summed E-state index contributed by atoms with van der Waals surface area (Å²) in [6.45, 7) is 1.94. The molecule has 3 aromatic rings. The minimum absolute atomic E-state index is 0.149. The summed E-state index contributed by atoms with van der Waals surface area (Å²) in [6.07, 6.45) is 0. The smallest absolute Gasteiger partial charge is 0.249 e. The van der Waals surface area contributed by atoms with Crippen LogP contribution in [0.15, 0.2) is 53.1 Å². The van der Waals surface area contributed by atoms with Crippen molar-refractivity contribution in [3.05, 3.63) is 59.4 Å². The number of hydrogen-bond donors (Lipinski definition) is 1. The standard InChI is InChI=1S/C17H16ClN3O2/c1-11(19-13-8-9-15(22-2)14(18)10-13)17-20-16(21-23-17)12-6-4-3-5-7-12/h3-11,19H,1-2H3/t11-/m1/s1. The zero-order valence-electron chi connectivity index (χ0n) is 12.8. The van der Waals surface area contributed by atoms with E-state index in [2.05, 4.69) is 15.5 Å². The lowest BCUT2D eigenvalue weighted by Gasteiger charge is -2.12. The Morgan fingerprint density at radius 2 is 1.96 bits per heavy atom. The van der Waals surface area contributed by atoms with Gasteiger partial charge in [-0.3, -0.25) is 0 Å². The number of rotatable bonds is 5. The van der Waals surface area contributed by atoms with E-state index in [0.717, 1.165) is 11.3 Å². The van der Waals surface area contributed by atoms with E-state index in [-0.39, 0.29) is 6.04 Å². The first-order chi connectivity index (χ1) is 11.2. The molecule has 6 heteroatoms. The molecule has 0 bridgehead atoms. The van der Waals surface area contributed by atoms with Crippen LogP contribution in [0.2, 0.25) is 5.02 Å². The fourth-order valence-electron chi connectivity index (χ4n) is 2.18. The molecule has 23 heavy (non-hydrogen) atoms. The zero-order chi connectivity index (χ0) is 16.2. The van der Waals surface area contributed by atoms with Gasteiger partial charge < -0.3 is 14.6 Å². The Labute approximate surface area is 139 Å². The average molecular weight is 330 g/mol. The second-order valence-electron chi connectivity index (χ2n) is 5.04. The molecule has 0 spiro atoms.